The molecule has 2 fully saturated rings. The summed E-state index contributed by atoms with van der Waals surface area (Å²) in [4.78, 5) is 38.3. The highest BCUT2D eigenvalue weighted by Gasteiger charge is 2.50. The fourth-order valence-electron chi connectivity index (χ4n) is 3.17. The molecule has 2 N–H and O–H groups in total. The van der Waals surface area contributed by atoms with Crippen molar-refractivity contribution in [2.45, 2.75) is 31.7 Å². The third-order valence-corrected chi connectivity index (χ3v) is 5.56. The molecule has 1 saturated carbocycles. The van der Waals surface area contributed by atoms with E-state index >= 15 is 0 Å². The van der Waals surface area contributed by atoms with Crippen LogP contribution in [0.25, 0.3) is 0 Å². The Bertz CT molecular complexity index is 704. The van der Waals surface area contributed by atoms with E-state index in [1.165, 1.54) is 6.92 Å². The summed E-state index contributed by atoms with van der Waals surface area (Å²) in [7, 11) is 0. The number of aliphatic carboxylic acids is 1. The van der Waals surface area contributed by atoms with Gasteiger partial charge in [0.25, 0.3) is 0 Å². The lowest BCUT2D eigenvalue weighted by Gasteiger charge is -2.27. The number of halogens is 1. The number of amides is 2. The van der Waals surface area contributed by atoms with Crippen LogP contribution in [-0.4, -0.2) is 35.0 Å². The SMILES string of the molecule is C[C@@](NC(=O)[C@@H]1CCN(c2ccccc2Br)C1=O)(C(=O)O)C1CC1. The van der Waals surface area contributed by atoms with Crippen LogP contribution >= 0.6 is 15.9 Å². The second kappa shape index (κ2) is 6.20. The predicted molar refractivity (Wildman–Crippen MR) is 91.5 cm³/mol. The Balaban J connectivity index is 1.74. The number of carboxylic acid groups (broad SMARTS) is 1. The first-order valence-electron chi connectivity index (χ1n) is 7.96. The van der Waals surface area contributed by atoms with E-state index in [4.69, 9.17) is 0 Å². The summed E-state index contributed by atoms with van der Waals surface area (Å²) in [6.07, 6.45) is 1.95. The van der Waals surface area contributed by atoms with E-state index in [0.717, 1.165) is 23.0 Å². The molecule has 1 aliphatic carbocycles. The Labute approximate surface area is 148 Å². The molecular formula is C17H19BrN2O4. The Kier molecular flexibility index (Phi) is 4.38. The highest BCUT2D eigenvalue weighted by Crippen LogP contribution is 2.40. The number of hydrogen-bond acceptors (Lipinski definition) is 3. The molecule has 2 aliphatic rings. The van der Waals surface area contributed by atoms with Crippen molar-refractivity contribution in [2.75, 3.05) is 11.4 Å². The molecule has 1 saturated heterocycles. The van der Waals surface area contributed by atoms with E-state index < -0.39 is 23.3 Å². The molecule has 6 nitrogen and oxygen atoms in total. The topological polar surface area (TPSA) is 86.7 Å². The number of carboxylic acids is 1. The lowest BCUT2D eigenvalue weighted by molar-refractivity contribution is -0.149. The van der Waals surface area contributed by atoms with Crippen LogP contribution in [0.15, 0.2) is 28.7 Å². The number of nitrogens with zero attached hydrogens (tertiary/aromatic N) is 1. The van der Waals surface area contributed by atoms with Crippen molar-refractivity contribution in [3.05, 3.63) is 28.7 Å². The van der Waals surface area contributed by atoms with Gasteiger partial charge >= 0.3 is 5.97 Å². The van der Waals surface area contributed by atoms with E-state index in [1.54, 1.807) is 4.90 Å². The molecule has 7 heteroatoms. The predicted octanol–water partition coefficient (Wildman–Crippen LogP) is 2.17. The number of carbonyl (C=O) groups is 3. The minimum Gasteiger partial charge on any atom is -0.480 e. The summed E-state index contributed by atoms with van der Waals surface area (Å²) in [6.45, 7) is 1.96. The van der Waals surface area contributed by atoms with Crippen LogP contribution < -0.4 is 10.2 Å². The first kappa shape index (κ1) is 17.0. The normalized spacial score (nSPS) is 23.0. The molecule has 24 heavy (non-hydrogen) atoms. The van der Waals surface area contributed by atoms with Crippen LogP contribution in [0.4, 0.5) is 5.69 Å². The Hall–Kier alpha value is -1.89. The van der Waals surface area contributed by atoms with Gasteiger partial charge in [0.15, 0.2) is 0 Å². The zero-order chi connectivity index (χ0) is 17.5. The van der Waals surface area contributed by atoms with E-state index in [-0.39, 0.29) is 11.8 Å². The summed E-state index contributed by atoms with van der Waals surface area (Å²) >= 11 is 3.41. The number of para-hydroxylation sites is 1. The smallest absolute Gasteiger partial charge is 0.329 e. The molecule has 0 bridgehead atoms. The molecule has 0 spiro atoms. The monoisotopic (exact) mass is 394 g/mol. The zero-order valence-electron chi connectivity index (χ0n) is 13.3. The molecule has 1 heterocycles. The number of nitrogens with one attached hydrogen (secondary N) is 1. The third kappa shape index (κ3) is 2.92. The molecular weight excluding hydrogens is 376 g/mol. The number of anilines is 1. The minimum atomic E-state index is -1.29. The third-order valence-electron chi connectivity index (χ3n) is 4.89. The van der Waals surface area contributed by atoms with Gasteiger partial charge in [0.05, 0.1) is 5.69 Å². The maximum Gasteiger partial charge on any atom is 0.329 e. The second-order valence-electron chi connectivity index (χ2n) is 6.55. The van der Waals surface area contributed by atoms with Gasteiger partial charge in [-0.3, -0.25) is 9.59 Å². The van der Waals surface area contributed by atoms with Gasteiger partial charge in [0.1, 0.15) is 11.5 Å². The number of carbonyl (C=O) groups excluding carboxylic acids is 2. The van der Waals surface area contributed by atoms with Crippen molar-refractivity contribution in [1.29, 1.82) is 0 Å². The summed E-state index contributed by atoms with van der Waals surface area (Å²) in [6, 6.07) is 7.33. The van der Waals surface area contributed by atoms with Crippen molar-refractivity contribution in [1.82, 2.24) is 5.32 Å². The van der Waals surface area contributed by atoms with Crippen LogP contribution in [0.1, 0.15) is 26.2 Å². The molecule has 1 aromatic carbocycles. The van der Waals surface area contributed by atoms with Crippen LogP contribution in [0.3, 0.4) is 0 Å². The second-order valence-corrected chi connectivity index (χ2v) is 7.41. The van der Waals surface area contributed by atoms with Gasteiger partial charge in [0, 0.05) is 11.0 Å². The van der Waals surface area contributed by atoms with Gasteiger partial charge < -0.3 is 15.3 Å². The first-order chi connectivity index (χ1) is 11.3. The summed E-state index contributed by atoms with van der Waals surface area (Å²) in [5, 5.41) is 12.1. The van der Waals surface area contributed by atoms with Gasteiger partial charge in [-0.25, -0.2) is 4.79 Å². The van der Waals surface area contributed by atoms with Gasteiger partial charge in [-0.15, -0.1) is 0 Å². The summed E-state index contributed by atoms with van der Waals surface area (Å²) in [5.74, 6) is -2.73. The Morgan fingerprint density at radius 3 is 2.54 bits per heavy atom. The Morgan fingerprint density at radius 1 is 1.29 bits per heavy atom. The minimum absolute atomic E-state index is 0.0603. The summed E-state index contributed by atoms with van der Waals surface area (Å²) < 4.78 is 0.785. The number of benzene rings is 1. The lowest BCUT2D eigenvalue weighted by Crippen LogP contribution is -2.56. The number of rotatable bonds is 5. The molecule has 2 amide bonds. The molecule has 1 aliphatic heterocycles. The Morgan fingerprint density at radius 2 is 1.96 bits per heavy atom. The lowest BCUT2D eigenvalue weighted by atomic mass is 9.94. The van der Waals surface area contributed by atoms with Crippen LogP contribution in [0.2, 0.25) is 0 Å². The standard InChI is InChI=1S/C17H19BrN2O4/c1-17(16(23)24,10-6-7-10)19-14(21)11-8-9-20(15(11)22)13-5-3-2-4-12(13)18/h2-5,10-11H,6-9H2,1H3,(H,19,21)(H,23,24)/t11-,17-/m0/s1. The average Bonchev–Trinajstić information content (AvgIpc) is 3.31. The van der Waals surface area contributed by atoms with E-state index in [0.29, 0.717) is 13.0 Å². The van der Waals surface area contributed by atoms with Crippen molar-refractivity contribution >= 4 is 39.4 Å². The zero-order valence-corrected chi connectivity index (χ0v) is 14.9. The van der Waals surface area contributed by atoms with Crippen LogP contribution in [-0.2, 0) is 14.4 Å². The number of hydrogen-bond donors (Lipinski definition) is 2. The molecule has 0 radical (unpaired) electrons. The fraction of sp³-hybridized carbons (Fsp3) is 0.471. The van der Waals surface area contributed by atoms with Crippen molar-refractivity contribution in [3.63, 3.8) is 0 Å². The molecule has 1 aromatic rings. The molecule has 0 aromatic heterocycles. The van der Waals surface area contributed by atoms with Crippen LogP contribution in [0.5, 0.6) is 0 Å². The van der Waals surface area contributed by atoms with Crippen molar-refractivity contribution < 1.29 is 19.5 Å². The highest BCUT2D eigenvalue weighted by atomic mass is 79.9. The highest BCUT2D eigenvalue weighted by molar-refractivity contribution is 9.10. The van der Waals surface area contributed by atoms with Gasteiger partial charge in [-0.2, -0.15) is 0 Å². The van der Waals surface area contributed by atoms with Gasteiger partial charge in [0.2, 0.25) is 11.8 Å². The molecule has 0 unspecified atom stereocenters. The van der Waals surface area contributed by atoms with E-state index in [9.17, 15) is 19.5 Å². The van der Waals surface area contributed by atoms with E-state index in [1.807, 2.05) is 24.3 Å². The van der Waals surface area contributed by atoms with Gasteiger partial charge in [-0.05, 0) is 60.2 Å². The fourth-order valence-corrected chi connectivity index (χ4v) is 3.67. The van der Waals surface area contributed by atoms with E-state index in [2.05, 4.69) is 21.2 Å². The first-order valence-corrected chi connectivity index (χ1v) is 8.75. The molecule has 2 atom stereocenters. The van der Waals surface area contributed by atoms with Crippen LogP contribution in [0, 0.1) is 11.8 Å². The maximum absolute atomic E-state index is 12.6. The van der Waals surface area contributed by atoms with Gasteiger partial charge in [-0.1, -0.05) is 12.1 Å². The maximum atomic E-state index is 12.6. The van der Waals surface area contributed by atoms with Crippen molar-refractivity contribution in [3.8, 4) is 0 Å². The van der Waals surface area contributed by atoms with Crippen molar-refractivity contribution in [2.24, 2.45) is 11.8 Å². The quantitative estimate of drug-likeness (QED) is 0.749. The summed E-state index contributed by atoms with van der Waals surface area (Å²) in [5.41, 5.74) is -0.570. The average molecular weight is 395 g/mol. The molecule has 128 valence electrons. The largest absolute Gasteiger partial charge is 0.480 e. The molecule has 3 rings (SSSR count).